The summed E-state index contributed by atoms with van der Waals surface area (Å²) < 4.78 is 0.980. The summed E-state index contributed by atoms with van der Waals surface area (Å²) in [5.74, 6) is -0.622. The van der Waals surface area contributed by atoms with E-state index in [4.69, 9.17) is 0 Å². The summed E-state index contributed by atoms with van der Waals surface area (Å²) in [5.41, 5.74) is -0.365. The molecule has 0 saturated carbocycles. The second kappa shape index (κ2) is 5.04. The number of nitrogens with one attached hydrogen (secondary N) is 2. The number of aromatic nitrogens is 2. The molecule has 0 saturated heterocycles. The Bertz CT molecular complexity index is 772. The van der Waals surface area contributed by atoms with E-state index < -0.39 is 17.1 Å². The predicted molar refractivity (Wildman–Crippen MR) is 73.4 cm³/mol. The number of benzene rings is 1. The van der Waals surface area contributed by atoms with Crippen LogP contribution in [0.15, 0.2) is 33.9 Å². The van der Waals surface area contributed by atoms with Crippen LogP contribution >= 0.6 is 0 Å². The molecule has 0 aliphatic rings. The average Bonchev–Trinajstić information content (AvgIpc) is 2.37. The van der Waals surface area contributed by atoms with Crippen LogP contribution in [0.1, 0.15) is 12.5 Å². The number of H-pyrrole nitrogens is 1. The molecule has 0 fully saturated rings. The normalized spacial score (nSPS) is 10.3. The van der Waals surface area contributed by atoms with Crippen molar-refractivity contribution in [2.24, 2.45) is 0 Å². The molecule has 0 radical (unpaired) electrons. The quantitative estimate of drug-likeness (QED) is 0.742. The number of aromatic amines is 1. The summed E-state index contributed by atoms with van der Waals surface area (Å²) >= 11 is 0. The third-order valence-electron chi connectivity index (χ3n) is 2.76. The summed E-state index contributed by atoms with van der Waals surface area (Å²) in [6.07, 6.45) is 0. The van der Waals surface area contributed by atoms with Crippen molar-refractivity contribution >= 4 is 11.6 Å². The van der Waals surface area contributed by atoms with Gasteiger partial charge in [0.15, 0.2) is 0 Å². The molecule has 0 atom stereocenters. The molecule has 1 aromatic heterocycles. The van der Waals surface area contributed by atoms with Gasteiger partial charge in [-0.1, -0.05) is 0 Å². The Kier molecular flexibility index (Phi) is 3.43. The van der Waals surface area contributed by atoms with Crippen molar-refractivity contribution in [3.63, 3.8) is 0 Å². The Morgan fingerprint density at radius 1 is 1.25 bits per heavy atom. The fourth-order valence-corrected chi connectivity index (χ4v) is 1.75. The molecule has 7 nitrogen and oxygen atoms in total. The van der Waals surface area contributed by atoms with Crippen molar-refractivity contribution in [2.45, 2.75) is 13.8 Å². The lowest BCUT2D eigenvalue weighted by atomic mass is 10.2. The Balaban J connectivity index is 2.53. The molecule has 7 heteroatoms. The van der Waals surface area contributed by atoms with E-state index >= 15 is 0 Å². The van der Waals surface area contributed by atoms with Crippen LogP contribution in [0, 0.1) is 6.92 Å². The van der Waals surface area contributed by atoms with Gasteiger partial charge in [0, 0.05) is 12.6 Å². The van der Waals surface area contributed by atoms with Crippen molar-refractivity contribution in [2.75, 3.05) is 5.32 Å². The maximum absolute atomic E-state index is 11.8. The number of rotatable bonds is 2. The number of nitrogens with zero attached hydrogens (tertiary/aromatic N) is 1. The van der Waals surface area contributed by atoms with Gasteiger partial charge in [0.25, 0.3) is 5.56 Å². The number of aromatic hydroxyl groups is 1. The molecule has 3 N–H and O–H groups in total. The molecular formula is C13H13N3O4. The van der Waals surface area contributed by atoms with Gasteiger partial charge in [0.1, 0.15) is 0 Å². The second-order valence-electron chi connectivity index (χ2n) is 4.27. The molecule has 0 bridgehead atoms. The van der Waals surface area contributed by atoms with E-state index in [0.29, 0.717) is 11.4 Å². The monoisotopic (exact) mass is 275 g/mol. The molecule has 0 aliphatic heterocycles. The lowest BCUT2D eigenvalue weighted by Crippen LogP contribution is -2.30. The Labute approximate surface area is 113 Å². The first-order valence-corrected chi connectivity index (χ1v) is 5.83. The van der Waals surface area contributed by atoms with Crippen LogP contribution < -0.4 is 16.6 Å². The first-order valence-electron chi connectivity index (χ1n) is 5.83. The van der Waals surface area contributed by atoms with Crippen molar-refractivity contribution in [1.82, 2.24) is 9.55 Å². The molecule has 2 aromatic rings. The van der Waals surface area contributed by atoms with Crippen molar-refractivity contribution in [3.8, 4) is 11.6 Å². The number of carbonyl (C=O) groups is 1. The van der Waals surface area contributed by atoms with Gasteiger partial charge in [0.05, 0.1) is 11.3 Å². The summed E-state index contributed by atoms with van der Waals surface area (Å²) in [7, 11) is 0. The lowest BCUT2D eigenvalue weighted by Gasteiger charge is -2.10. The Morgan fingerprint density at radius 2 is 1.85 bits per heavy atom. The van der Waals surface area contributed by atoms with Gasteiger partial charge in [-0.2, -0.15) is 0 Å². The first kappa shape index (κ1) is 13.6. The molecule has 2 rings (SSSR count). The van der Waals surface area contributed by atoms with Crippen molar-refractivity contribution < 1.29 is 9.90 Å². The number of carbonyl (C=O) groups excluding carboxylic acids is 1. The molecule has 20 heavy (non-hydrogen) atoms. The Hall–Kier alpha value is -2.83. The molecule has 0 aliphatic carbocycles. The van der Waals surface area contributed by atoms with Crippen LogP contribution in [0.2, 0.25) is 0 Å². The minimum absolute atomic E-state index is 0.0514. The summed E-state index contributed by atoms with van der Waals surface area (Å²) in [6.45, 7) is 2.80. The molecule has 0 spiro atoms. The maximum Gasteiger partial charge on any atom is 0.335 e. The summed E-state index contributed by atoms with van der Waals surface area (Å²) in [5, 5.41) is 12.5. The maximum atomic E-state index is 11.8. The highest BCUT2D eigenvalue weighted by Crippen LogP contribution is 2.17. The highest BCUT2D eigenvalue weighted by molar-refractivity contribution is 5.88. The topological polar surface area (TPSA) is 104 Å². The zero-order chi connectivity index (χ0) is 14.9. The molecule has 0 unspecified atom stereocenters. The van der Waals surface area contributed by atoms with Gasteiger partial charge in [-0.25, -0.2) is 9.36 Å². The van der Waals surface area contributed by atoms with Gasteiger partial charge in [-0.05, 0) is 31.2 Å². The zero-order valence-electron chi connectivity index (χ0n) is 10.9. The fraction of sp³-hybridized carbons (Fsp3) is 0.154. The Morgan fingerprint density at radius 3 is 2.40 bits per heavy atom. The van der Waals surface area contributed by atoms with Crippen LogP contribution in [-0.4, -0.2) is 20.6 Å². The van der Waals surface area contributed by atoms with E-state index in [1.54, 1.807) is 24.3 Å². The third-order valence-corrected chi connectivity index (χ3v) is 2.76. The standard InChI is InChI=1S/C13H13N3O4/c1-7-11(18)15-13(20)16(12(7)19)10-5-3-9(4-6-10)14-8(2)17/h3-6,19H,1-2H3,(H,14,17)(H,15,18,20). The van der Waals surface area contributed by atoms with E-state index in [1.165, 1.54) is 13.8 Å². The largest absolute Gasteiger partial charge is 0.494 e. The number of anilines is 1. The third kappa shape index (κ3) is 2.46. The van der Waals surface area contributed by atoms with E-state index in [-0.39, 0.29) is 11.5 Å². The highest BCUT2D eigenvalue weighted by atomic mass is 16.3. The molecule has 104 valence electrons. The molecule has 1 aromatic carbocycles. The fourth-order valence-electron chi connectivity index (χ4n) is 1.75. The van der Waals surface area contributed by atoms with E-state index in [2.05, 4.69) is 10.3 Å². The minimum Gasteiger partial charge on any atom is -0.494 e. The van der Waals surface area contributed by atoms with E-state index in [0.717, 1.165) is 4.57 Å². The molecule has 1 amide bonds. The number of hydrogen-bond acceptors (Lipinski definition) is 4. The predicted octanol–water partition coefficient (Wildman–Crippen LogP) is 0.498. The van der Waals surface area contributed by atoms with E-state index in [9.17, 15) is 19.5 Å². The van der Waals surface area contributed by atoms with E-state index in [1.807, 2.05) is 0 Å². The van der Waals surface area contributed by atoms with Crippen LogP contribution in [0.5, 0.6) is 5.88 Å². The summed E-state index contributed by atoms with van der Waals surface area (Å²) in [4.78, 5) is 36.1. The molecule has 1 heterocycles. The van der Waals surface area contributed by atoms with Crippen LogP contribution in [0.25, 0.3) is 5.69 Å². The highest BCUT2D eigenvalue weighted by Gasteiger charge is 2.11. The van der Waals surface area contributed by atoms with Crippen molar-refractivity contribution in [1.29, 1.82) is 0 Å². The lowest BCUT2D eigenvalue weighted by molar-refractivity contribution is -0.114. The average molecular weight is 275 g/mol. The molecular weight excluding hydrogens is 262 g/mol. The smallest absolute Gasteiger partial charge is 0.335 e. The number of hydrogen-bond donors (Lipinski definition) is 3. The van der Waals surface area contributed by atoms with Gasteiger partial charge >= 0.3 is 5.69 Å². The van der Waals surface area contributed by atoms with Gasteiger partial charge in [-0.15, -0.1) is 0 Å². The zero-order valence-corrected chi connectivity index (χ0v) is 10.9. The summed E-state index contributed by atoms with van der Waals surface area (Å²) in [6, 6.07) is 6.26. The van der Waals surface area contributed by atoms with Gasteiger partial charge in [0.2, 0.25) is 11.8 Å². The van der Waals surface area contributed by atoms with Crippen LogP contribution in [0.3, 0.4) is 0 Å². The first-order chi connectivity index (χ1) is 9.40. The minimum atomic E-state index is -0.731. The van der Waals surface area contributed by atoms with Gasteiger partial charge in [-0.3, -0.25) is 14.6 Å². The van der Waals surface area contributed by atoms with Crippen molar-refractivity contribution in [3.05, 3.63) is 50.7 Å². The number of amides is 1. The van der Waals surface area contributed by atoms with Crippen LogP contribution in [0.4, 0.5) is 5.69 Å². The SMILES string of the molecule is CC(=O)Nc1ccc(-n2c(O)c(C)c(=O)[nH]c2=O)cc1. The van der Waals surface area contributed by atoms with Crippen LogP contribution in [-0.2, 0) is 4.79 Å². The second-order valence-corrected chi connectivity index (χ2v) is 4.27. The van der Waals surface area contributed by atoms with Gasteiger partial charge < -0.3 is 10.4 Å².